The summed E-state index contributed by atoms with van der Waals surface area (Å²) in [4.78, 5) is 23.6. The van der Waals surface area contributed by atoms with E-state index in [-0.39, 0.29) is 23.0 Å². The SMILES string of the molecule is NC(=O)Cc1ccc2cc(O)n(C(=O)Nc3cccc(Cl)c3F)c2c1. The highest BCUT2D eigenvalue weighted by Crippen LogP contribution is 2.27. The predicted molar refractivity (Wildman–Crippen MR) is 92.3 cm³/mol. The van der Waals surface area contributed by atoms with Crippen LogP contribution in [0, 0.1) is 5.82 Å². The lowest BCUT2D eigenvalue weighted by atomic mass is 10.1. The lowest BCUT2D eigenvalue weighted by Gasteiger charge is -2.10. The first-order valence-electron chi connectivity index (χ1n) is 7.24. The molecular weight excluding hydrogens is 349 g/mol. The van der Waals surface area contributed by atoms with Crippen molar-refractivity contribution in [2.75, 3.05) is 5.32 Å². The van der Waals surface area contributed by atoms with Gasteiger partial charge in [-0.05, 0) is 23.8 Å². The summed E-state index contributed by atoms with van der Waals surface area (Å²) in [5, 5.41) is 12.9. The minimum Gasteiger partial charge on any atom is -0.494 e. The normalized spacial score (nSPS) is 10.8. The number of halogens is 2. The number of amides is 2. The summed E-state index contributed by atoms with van der Waals surface area (Å²) in [6.07, 6.45) is -0.00752. The van der Waals surface area contributed by atoms with Crippen LogP contribution in [0.5, 0.6) is 5.88 Å². The van der Waals surface area contributed by atoms with Gasteiger partial charge in [-0.2, -0.15) is 0 Å². The fraction of sp³-hybridized carbons (Fsp3) is 0.0588. The van der Waals surface area contributed by atoms with E-state index >= 15 is 0 Å². The van der Waals surface area contributed by atoms with E-state index in [1.807, 2.05) is 0 Å². The van der Waals surface area contributed by atoms with Crippen LogP contribution in [0.25, 0.3) is 10.9 Å². The molecule has 2 amide bonds. The fourth-order valence-corrected chi connectivity index (χ4v) is 2.70. The van der Waals surface area contributed by atoms with Crippen molar-refractivity contribution in [3.8, 4) is 5.88 Å². The van der Waals surface area contributed by atoms with E-state index in [0.29, 0.717) is 16.5 Å². The van der Waals surface area contributed by atoms with Crippen LogP contribution in [0.3, 0.4) is 0 Å². The van der Waals surface area contributed by atoms with Crippen molar-refractivity contribution in [3.63, 3.8) is 0 Å². The Hall–Kier alpha value is -3.06. The van der Waals surface area contributed by atoms with Gasteiger partial charge in [0.25, 0.3) is 0 Å². The third-order valence-electron chi connectivity index (χ3n) is 3.62. The maximum absolute atomic E-state index is 14.0. The molecule has 0 aliphatic rings. The molecule has 1 heterocycles. The molecule has 0 radical (unpaired) electrons. The second-order valence-corrected chi connectivity index (χ2v) is 5.81. The Balaban J connectivity index is 2.01. The Kier molecular flexibility index (Phi) is 4.33. The number of carbonyl (C=O) groups excluding carboxylic acids is 2. The molecule has 4 N–H and O–H groups in total. The maximum atomic E-state index is 14.0. The maximum Gasteiger partial charge on any atom is 0.333 e. The first kappa shape index (κ1) is 16.8. The number of primary amides is 1. The Morgan fingerprint density at radius 2 is 2.00 bits per heavy atom. The zero-order valence-corrected chi connectivity index (χ0v) is 13.5. The van der Waals surface area contributed by atoms with E-state index in [1.54, 1.807) is 18.2 Å². The van der Waals surface area contributed by atoms with Gasteiger partial charge in [0, 0.05) is 11.5 Å². The number of hydrogen-bond donors (Lipinski definition) is 3. The largest absolute Gasteiger partial charge is 0.494 e. The zero-order chi connectivity index (χ0) is 18.1. The van der Waals surface area contributed by atoms with Gasteiger partial charge in [0.15, 0.2) is 11.7 Å². The highest BCUT2D eigenvalue weighted by atomic mass is 35.5. The number of nitrogens with zero attached hydrogens (tertiary/aromatic N) is 1. The van der Waals surface area contributed by atoms with E-state index in [2.05, 4.69) is 5.32 Å². The van der Waals surface area contributed by atoms with E-state index in [4.69, 9.17) is 17.3 Å². The third kappa shape index (κ3) is 3.27. The first-order chi connectivity index (χ1) is 11.9. The van der Waals surface area contributed by atoms with Crippen LogP contribution < -0.4 is 11.1 Å². The molecule has 3 aromatic rings. The zero-order valence-electron chi connectivity index (χ0n) is 12.8. The third-order valence-corrected chi connectivity index (χ3v) is 3.92. The Morgan fingerprint density at radius 1 is 1.24 bits per heavy atom. The van der Waals surface area contributed by atoms with Crippen molar-refractivity contribution < 1.29 is 19.1 Å². The Labute approximate surface area is 146 Å². The van der Waals surface area contributed by atoms with Gasteiger partial charge >= 0.3 is 6.03 Å². The summed E-state index contributed by atoms with van der Waals surface area (Å²) in [5.41, 5.74) is 6.00. The lowest BCUT2D eigenvalue weighted by molar-refractivity contribution is -0.117. The monoisotopic (exact) mass is 361 g/mol. The van der Waals surface area contributed by atoms with Crippen LogP contribution >= 0.6 is 11.6 Å². The number of aromatic nitrogens is 1. The van der Waals surface area contributed by atoms with Crippen molar-refractivity contribution in [1.82, 2.24) is 4.57 Å². The van der Waals surface area contributed by atoms with Crippen molar-refractivity contribution in [3.05, 3.63) is 58.9 Å². The topological polar surface area (TPSA) is 97.3 Å². The van der Waals surface area contributed by atoms with Crippen LogP contribution in [-0.4, -0.2) is 21.6 Å². The second-order valence-electron chi connectivity index (χ2n) is 5.41. The number of anilines is 1. The average Bonchev–Trinajstić information content (AvgIpc) is 2.86. The molecule has 128 valence electrons. The van der Waals surface area contributed by atoms with Crippen LogP contribution in [0.1, 0.15) is 5.56 Å². The minimum absolute atomic E-state index is 0.00752. The van der Waals surface area contributed by atoms with Crippen LogP contribution in [0.15, 0.2) is 42.5 Å². The van der Waals surface area contributed by atoms with Crippen LogP contribution in [0.4, 0.5) is 14.9 Å². The molecule has 0 unspecified atom stereocenters. The molecule has 0 spiro atoms. The molecule has 8 heteroatoms. The number of fused-ring (bicyclic) bond motifs is 1. The molecule has 0 saturated carbocycles. The average molecular weight is 362 g/mol. The number of rotatable bonds is 3. The quantitative estimate of drug-likeness (QED) is 0.668. The van der Waals surface area contributed by atoms with Gasteiger partial charge in [-0.15, -0.1) is 0 Å². The van der Waals surface area contributed by atoms with E-state index in [0.717, 1.165) is 4.57 Å². The summed E-state index contributed by atoms with van der Waals surface area (Å²) >= 11 is 5.69. The summed E-state index contributed by atoms with van der Waals surface area (Å²) in [6, 6.07) is 9.68. The molecule has 0 saturated heterocycles. The van der Waals surface area contributed by atoms with Gasteiger partial charge in [0.1, 0.15) is 0 Å². The number of carbonyl (C=O) groups is 2. The van der Waals surface area contributed by atoms with E-state index < -0.39 is 17.8 Å². The lowest BCUT2D eigenvalue weighted by Crippen LogP contribution is -2.20. The molecule has 0 atom stereocenters. The van der Waals surface area contributed by atoms with Crippen LogP contribution in [0.2, 0.25) is 5.02 Å². The van der Waals surface area contributed by atoms with Gasteiger partial charge in [0.2, 0.25) is 5.91 Å². The van der Waals surface area contributed by atoms with Gasteiger partial charge in [0.05, 0.1) is 22.6 Å². The van der Waals surface area contributed by atoms with Gasteiger partial charge in [-0.3, -0.25) is 4.79 Å². The number of benzene rings is 2. The summed E-state index contributed by atoms with van der Waals surface area (Å²) < 4.78 is 14.9. The van der Waals surface area contributed by atoms with E-state index in [1.165, 1.54) is 24.3 Å². The Bertz CT molecular complexity index is 1000. The molecule has 0 bridgehead atoms. The Morgan fingerprint density at radius 3 is 2.72 bits per heavy atom. The minimum atomic E-state index is -0.775. The number of nitrogens with one attached hydrogen (secondary N) is 1. The molecule has 1 aromatic heterocycles. The molecule has 6 nitrogen and oxygen atoms in total. The highest BCUT2D eigenvalue weighted by Gasteiger charge is 2.17. The standard InChI is InChI=1S/C17H13ClFN3O3/c18-11-2-1-3-12(16(11)19)21-17(25)22-13-6-9(7-14(20)23)4-5-10(13)8-15(22)24/h1-6,8,24H,7H2,(H2,20,23)(H,21,25). The highest BCUT2D eigenvalue weighted by molar-refractivity contribution is 6.31. The molecule has 0 aliphatic heterocycles. The molecule has 3 rings (SSSR count). The number of hydrogen-bond acceptors (Lipinski definition) is 3. The summed E-state index contributed by atoms with van der Waals surface area (Å²) in [6.45, 7) is 0. The van der Waals surface area contributed by atoms with Crippen LogP contribution in [-0.2, 0) is 11.2 Å². The number of aromatic hydroxyl groups is 1. The van der Waals surface area contributed by atoms with Crippen molar-refractivity contribution >= 4 is 40.1 Å². The smallest absolute Gasteiger partial charge is 0.333 e. The first-order valence-corrected chi connectivity index (χ1v) is 7.61. The molecular formula is C17H13ClFN3O3. The summed E-state index contributed by atoms with van der Waals surface area (Å²) in [7, 11) is 0. The van der Waals surface area contributed by atoms with Gasteiger partial charge in [-0.1, -0.05) is 29.8 Å². The second kappa shape index (κ2) is 6.45. The van der Waals surface area contributed by atoms with E-state index in [9.17, 15) is 19.1 Å². The number of nitrogens with two attached hydrogens (primary N) is 1. The van der Waals surface area contributed by atoms with Crippen molar-refractivity contribution in [2.24, 2.45) is 5.73 Å². The van der Waals surface area contributed by atoms with Crippen molar-refractivity contribution in [2.45, 2.75) is 6.42 Å². The summed E-state index contributed by atoms with van der Waals surface area (Å²) in [5.74, 6) is -1.62. The van der Waals surface area contributed by atoms with Gasteiger partial charge < -0.3 is 16.2 Å². The molecule has 0 fully saturated rings. The molecule has 2 aromatic carbocycles. The fourth-order valence-electron chi connectivity index (χ4n) is 2.53. The van der Waals surface area contributed by atoms with Crippen molar-refractivity contribution in [1.29, 1.82) is 0 Å². The molecule has 0 aliphatic carbocycles. The van der Waals surface area contributed by atoms with Gasteiger partial charge in [-0.25, -0.2) is 13.8 Å². The predicted octanol–water partition coefficient (Wildman–Crippen LogP) is 3.25. The molecule has 25 heavy (non-hydrogen) atoms.